The second kappa shape index (κ2) is 6.66. The summed E-state index contributed by atoms with van der Waals surface area (Å²) in [6.45, 7) is 10.9. The molecule has 2 aromatic carbocycles. The van der Waals surface area contributed by atoms with Crippen LogP contribution in [-0.4, -0.2) is 7.11 Å². The van der Waals surface area contributed by atoms with Gasteiger partial charge in [0.2, 0.25) is 0 Å². The van der Waals surface area contributed by atoms with Crippen LogP contribution in [-0.2, 0) is 11.0 Å². The molecule has 2 nitrogen and oxygen atoms in total. The topological polar surface area (TPSA) is 18.5 Å². The molecule has 0 saturated heterocycles. The van der Waals surface area contributed by atoms with E-state index in [-0.39, 0.29) is 5.41 Å². The van der Waals surface area contributed by atoms with Crippen molar-refractivity contribution in [3.05, 3.63) is 59.7 Å². The molecule has 0 aliphatic carbocycles. The number of methoxy groups -OCH3 is 1. The first-order chi connectivity index (χ1) is 10.8. The van der Waals surface area contributed by atoms with E-state index in [0.29, 0.717) is 0 Å². The van der Waals surface area contributed by atoms with Crippen LogP contribution in [0.5, 0.6) is 11.5 Å². The average Bonchev–Trinajstić information content (AvgIpc) is 2.55. The Morgan fingerprint density at radius 1 is 0.826 bits per heavy atom. The second-order valence-electron chi connectivity index (χ2n) is 7.11. The first kappa shape index (κ1) is 17.4. The molecule has 124 valence electrons. The van der Waals surface area contributed by atoms with Crippen LogP contribution in [0.2, 0.25) is 0 Å². The van der Waals surface area contributed by atoms with Crippen LogP contribution in [0.4, 0.5) is 0 Å². The highest BCUT2D eigenvalue weighted by atomic mass is 16.5. The Morgan fingerprint density at radius 3 is 2.04 bits per heavy atom. The lowest BCUT2D eigenvalue weighted by molar-refractivity contribution is 0.108. The zero-order valence-corrected chi connectivity index (χ0v) is 15.1. The highest BCUT2D eigenvalue weighted by Crippen LogP contribution is 2.32. The molecule has 2 rings (SSSR count). The van der Waals surface area contributed by atoms with Gasteiger partial charge in [0, 0.05) is 0 Å². The second-order valence-corrected chi connectivity index (χ2v) is 7.11. The zero-order valence-electron chi connectivity index (χ0n) is 15.1. The van der Waals surface area contributed by atoms with E-state index in [1.165, 1.54) is 5.56 Å². The van der Waals surface area contributed by atoms with Crippen LogP contribution in [0, 0.1) is 0 Å². The van der Waals surface area contributed by atoms with Crippen molar-refractivity contribution in [1.29, 1.82) is 0 Å². The molecule has 0 bridgehead atoms. The van der Waals surface area contributed by atoms with E-state index in [4.69, 9.17) is 9.47 Å². The maximum absolute atomic E-state index is 6.23. The van der Waals surface area contributed by atoms with Crippen molar-refractivity contribution in [2.45, 2.75) is 52.1 Å². The maximum atomic E-state index is 6.23. The first-order valence-corrected chi connectivity index (χ1v) is 8.22. The molecule has 0 N–H and O–H groups in total. The summed E-state index contributed by atoms with van der Waals surface area (Å²) >= 11 is 0. The van der Waals surface area contributed by atoms with Crippen LogP contribution in [0.25, 0.3) is 0 Å². The quantitative estimate of drug-likeness (QED) is 0.681. The minimum Gasteiger partial charge on any atom is -0.497 e. The molecule has 0 heterocycles. The summed E-state index contributed by atoms with van der Waals surface area (Å²) < 4.78 is 11.5. The van der Waals surface area contributed by atoms with Gasteiger partial charge in [-0.3, -0.25) is 0 Å². The van der Waals surface area contributed by atoms with E-state index in [2.05, 4.69) is 65.0 Å². The SMILES string of the molecule is CCC(C)(C)c1ccc(OC(C)(C)c2cccc(OC)c2)cc1. The summed E-state index contributed by atoms with van der Waals surface area (Å²) in [5.74, 6) is 1.73. The molecular weight excluding hydrogens is 284 g/mol. The Balaban J connectivity index is 2.20. The first-order valence-electron chi connectivity index (χ1n) is 8.22. The minimum atomic E-state index is -0.420. The van der Waals surface area contributed by atoms with E-state index in [0.717, 1.165) is 23.5 Å². The minimum absolute atomic E-state index is 0.195. The van der Waals surface area contributed by atoms with Gasteiger partial charge in [-0.15, -0.1) is 0 Å². The summed E-state index contributed by atoms with van der Waals surface area (Å²) in [7, 11) is 1.68. The molecule has 0 aromatic heterocycles. The number of hydrogen-bond donors (Lipinski definition) is 0. The van der Waals surface area contributed by atoms with Crippen molar-refractivity contribution in [3.63, 3.8) is 0 Å². The van der Waals surface area contributed by atoms with Crippen molar-refractivity contribution >= 4 is 0 Å². The third-order valence-electron chi connectivity index (χ3n) is 4.66. The molecule has 0 unspecified atom stereocenters. The zero-order chi connectivity index (χ0) is 17.1. The lowest BCUT2D eigenvalue weighted by Gasteiger charge is -2.28. The van der Waals surface area contributed by atoms with Crippen molar-refractivity contribution in [2.24, 2.45) is 0 Å². The molecule has 23 heavy (non-hydrogen) atoms. The molecular formula is C21H28O2. The third kappa shape index (κ3) is 4.07. The van der Waals surface area contributed by atoms with Gasteiger partial charge in [0.25, 0.3) is 0 Å². The van der Waals surface area contributed by atoms with Crippen molar-refractivity contribution < 1.29 is 9.47 Å². The Labute approximate surface area is 140 Å². The van der Waals surface area contributed by atoms with Gasteiger partial charge >= 0.3 is 0 Å². The lowest BCUT2D eigenvalue weighted by atomic mass is 9.82. The smallest absolute Gasteiger partial charge is 0.129 e. The lowest BCUT2D eigenvalue weighted by Crippen LogP contribution is -2.25. The van der Waals surface area contributed by atoms with Gasteiger partial charge in [-0.25, -0.2) is 0 Å². The van der Waals surface area contributed by atoms with Crippen molar-refractivity contribution in [2.75, 3.05) is 7.11 Å². The highest BCUT2D eigenvalue weighted by molar-refractivity contribution is 5.35. The van der Waals surface area contributed by atoms with Gasteiger partial charge in [0.15, 0.2) is 0 Å². The van der Waals surface area contributed by atoms with Crippen molar-refractivity contribution in [1.82, 2.24) is 0 Å². The molecule has 0 atom stereocenters. The number of benzene rings is 2. The van der Waals surface area contributed by atoms with Crippen molar-refractivity contribution in [3.8, 4) is 11.5 Å². The molecule has 0 amide bonds. The van der Waals surface area contributed by atoms with E-state index in [1.807, 2.05) is 18.2 Å². The summed E-state index contributed by atoms with van der Waals surface area (Å²) in [6.07, 6.45) is 1.11. The summed E-state index contributed by atoms with van der Waals surface area (Å²) in [4.78, 5) is 0. The van der Waals surface area contributed by atoms with E-state index < -0.39 is 5.60 Å². The highest BCUT2D eigenvalue weighted by Gasteiger charge is 2.24. The van der Waals surface area contributed by atoms with Crippen LogP contribution < -0.4 is 9.47 Å². The molecule has 0 radical (unpaired) electrons. The fraction of sp³-hybridized carbons (Fsp3) is 0.429. The van der Waals surface area contributed by atoms with Gasteiger partial charge in [0.05, 0.1) is 7.11 Å². The Hall–Kier alpha value is -1.96. The number of ether oxygens (including phenoxy) is 2. The largest absolute Gasteiger partial charge is 0.497 e. The van der Waals surface area contributed by atoms with Crippen LogP contribution in [0.3, 0.4) is 0 Å². The van der Waals surface area contributed by atoms with E-state index >= 15 is 0 Å². The molecule has 0 fully saturated rings. The van der Waals surface area contributed by atoms with Gasteiger partial charge in [-0.1, -0.05) is 45.0 Å². The summed E-state index contributed by atoms with van der Waals surface area (Å²) in [6, 6.07) is 16.5. The fourth-order valence-corrected chi connectivity index (χ4v) is 2.53. The predicted molar refractivity (Wildman–Crippen MR) is 96.4 cm³/mol. The Kier molecular flexibility index (Phi) is 5.03. The maximum Gasteiger partial charge on any atom is 0.129 e. The molecule has 2 aromatic rings. The third-order valence-corrected chi connectivity index (χ3v) is 4.66. The molecule has 2 heteroatoms. The van der Waals surface area contributed by atoms with Gasteiger partial charge < -0.3 is 9.47 Å². The molecule has 0 spiro atoms. The average molecular weight is 312 g/mol. The standard InChI is InChI=1S/C21H28O2/c1-7-20(2,3)16-11-13-18(14-12-16)23-21(4,5)17-9-8-10-19(15-17)22-6/h8-15H,7H2,1-6H3. The number of hydrogen-bond acceptors (Lipinski definition) is 2. The molecule has 0 saturated carbocycles. The number of rotatable bonds is 6. The van der Waals surface area contributed by atoms with Crippen LogP contribution in [0.15, 0.2) is 48.5 Å². The summed E-state index contributed by atoms with van der Waals surface area (Å²) in [5.41, 5.74) is 2.21. The van der Waals surface area contributed by atoms with Gasteiger partial charge in [-0.2, -0.15) is 0 Å². The molecule has 0 aliphatic heterocycles. The Morgan fingerprint density at radius 2 is 1.48 bits per heavy atom. The monoisotopic (exact) mass is 312 g/mol. The van der Waals surface area contributed by atoms with Gasteiger partial charge in [0.1, 0.15) is 17.1 Å². The van der Waals surface area contributed by atoms with Gasteiger partial charge in [-0.05, 0) is 61.1 Å². The van der Waals surface area contributed by atoms with Crippen LogP contribution >= 0.6 is 0 Å². The van der Waals surface area contributed by atoms with E-state index in [9.17, 15) is 0 Å². The summed E-state index contributed by atoms with van der Waals surface area (Å²) in [5, 5.41) is 0. The fourth-order valence-electron chi connectivity index (χ4n) is 2.53. The van der Waals surface area contributed by atoms with Crippen LogP contribution in [0.1, 0.15) is 52.2 Å². The Bertz CT molecular complexity index is 639. The normalized spacial score (nSPS) is 12.1. The predicted octanol–water partition coefficient (Wildman–Crippen LogP) is 5.70. The van der Waals surface area contributed by atoms with E-state index in [1.54, 1.807) is 7.11 Å². The molecule has 0 aliphatic rings.